The number of furan rings is 1. The zero-order valence-electron chi connectivity index (χ0n) is 11.8. The van der Waals surface area contributed by atoms with E-state index in [-0.39, 0.29) is 12.6 Å². The molecular weight excluding hydrogens is 292 g/mol. The summed E-state index contributed by atoms with van der Waals surface area (Å²) in [6.07, 6.45) is 6.62. The van der Waals surface area contributed by atoms with Crippen molar-refractivity contribution in [2.24, 2.45) is 7.05 Å². The first kappa shape index (κ1) is 14.3. The van der Waals surface area contributed by atoms with Gasteiger partial charge in [0.1, 0.15) is 5.76 Å². The van der Waals surface area contributed by atoms with E-state index in [1.165, 1.54) is 4.31 Å². The van der Waals surface area contributed by atoms with Crippen molar-refractivity contribution in [1.29, 1.82) is 0 Å². The quantitative estimate of drug-likeness (QED) is 0.899. The van der Waals surface area contributed by atoms with Gasteiger partial charge in [0.25, 0.3) is 10.2 Å². The molecule has 7 nitrogen and oxygen atoms in total. The maximum absolute atomic E-state index is 12.5. The van der Waals surface area contributed by atoms with Crippen molar-refractivity contribution >= 4 is 10.2 Å². The van der Waals surface area contributed by atoms with Gasteiger partial charge in [0.05, 0.1) is 18.5 Å². The van der Waals surface area contributed by atoms with E-state index in [1.54, 1.807) is 36.5 Å². The van der Waals surface area contributed by atoms with E-state index < -0.39 is 10.2 Å². The lowest BCUT2D eigenvalue weighted by molar-refractivity contribution is 0.335. The second kappa shape index (κ2) is 5.63. The lowest BCUT2D eigenvalue weighted by Crippen LogP contribution is -2.39. The smallest absolute Gasteiger partial charge is 0.280 e. The van der Waals surface area contributed by atoms with Gasteiger partial charge in [-0.25, -0.2) is 0 Å². The first-order valence-corrected chi connectivity index (χ1v) is 8.27. The van der Waals surface area contributed by atoms with Crippen LogP contribution in [0.2, 0.25) is 0 Å². The van der Waals surface area contributed by atoms with Crippen LogP contribution in [0.25, 0.3) is 0 Å². The highest BCUT2D eigenvalue weighted by Gasteiger charge is 2.36. The van der Waals surface area contributed by atoms with E-state index in [2.05, 4.69) is 9.82 Å². The van der Waals surface area contributed by atoms with Crippen LogP contribution in [0, 0.1) is 0 Å². The van der Waals surface area contributed by atoms with Crippen LogP contribution in [0.15, 0.2) is 35.2 Å². The molecule has 114 valence electrons. The molecule has 0 aromatic carbocycles. The first-order valence-electron chi connectivity index (χ1n) is 6.83. The van der Waals surface area contributed by atoms with Gasteiger partial charge >= 0.3 is 0 Å². The number of aromatic nitrogens is 2. The fourth-order valence-corrected chi connectivity index (χ4v) is 4.04. The summed E-state index contributed by atoms with van der Waals surface area (Å²) in [7, 11) is -1.74. The van der Waals surface area contributed by atoms with E-state index >= 15 is 0 Å². The number of hydrogen-bond acceptors (Lipinski definition) is 4. The van der Waals surface area contributed by atoms with Crippen molar-refractivity contribution in [1.82, 2.24) is 18.8 Å². The Balaban J connectivity index is 1.71. The van der Waals surface area contributed by atoms with Crippen LogP contribution >= 0.6 is 0 Å². The molecule has 1 N–H and O–H groups in total. The third-order valence-electron chi connectivity index (χ3n) is 3.60. The molecule has 0 aliphatic carbocycles. The fraction of sp³-hybridized carbons (Fsp3) is 0.462. The molecule has 3 rings (SSSR count). The standard InChI is InChI=1S/C13H18N4O3S/c1-16-10-11(8-14-16)9-15-21(18,19)17-6-2-4-12(17)13-5-3-7-20-13/h3,5,7-8,10,12,15H,2,4,6,9H2,1H3/t12-/m0/s1. The minimum atomic E-state index is -3.54. The van der Waals surface area contributed by atoms with Gasteiger partial charge in [-0.1, -0.05) is 0 Å². The van der Waals surface area contributed by atoms with Gasteiger partial charge in [-0.3, -0.25) is 4.68 Å². The highest BCUT2D eigenvalue weighted by atomic mass is 32.2. The van der Waals surface area contributed by atoms with Crippen LogP contribution in [0.5, 0.6) is 0 Å². The van der Waals surface area contributed by atoms with Gasteiger partial charge in [-0.05, 0) is 25.0 Å². The molecule has 0 amide bonds. The lowest BCUT2D eigenvalue weighted by atomic mass is 10.2. The Bertz CT molecular complexity index is 693. The molecule has 0 spiro atoms. The molecule has 2 aromatic heterocycles. The molecule has 1 fully saturated rings. The van der Waals surface area contributed by atoms with E-state index in [1.807, 2.05) is 6.07 Å². The number of hydrogen-bond donors (Lipinski definition) is 1. The Kier molecular flexibility index (Phi) is 3.83. The van der Waals surface area contributed by atoms with Gasteiger partial charge in [0, 0.05) is 31.9 Å². The molecule has 0 saturated carbocycles. The Hall–Kier alpha value is -1.64. The van der Waals surface area contributed by atoms with E-state index in [9.17, 15) is 8.42 Å². The molecule has 0 unspecified atom stereocenters. The van der Waals surface area contributed by atoms with Crippen molar-refractivity contribution in [3.63, 3.8) is 0 Å². The second-order valence-electron chi connectivity index (χ2n) is 5.13. The zero-order valence-corrected chi connectivity index (χ0v) is 12.6. The predicted octanol–water partition coefficient (Wildman–Crippen LogP) is 1.18. The maximum atomic E-state index is 12.5. The van der Waals surface area contributed by atoms with Gasteiger partial charge in [-0.15, -0.1) is 0 Å². The number of nitrogens with one attached hydrogen (secondary N) is 1. The SMILES string of the molecule is Cn1cc(CNS(=O)(=O)N2CCC[C@H]2c2ccco2)cn1. The van der Waals surface area contributed by atoms with Gasteiger partial charge in [0.15, 0.2) is 0 Å². The average molecular weight is 310 g/mol. The molecule has 1 aliphatic rings. The summed E-state index contributed by atoms with van der Waals surface area (Å²) in [6.45, 7) is 0.741. The Labute approximate surface area is 123 Å². The normalized spacial score (nSPS) is 20.1. The summed E-state index contributed by atoms with van der Waals surface area (Å²) in [6, 6.07) is 3.38. The summed E-state index contributed by atoms with van der Waals surface area (Å²) >= 11 is 0. The molecule has 1 atom stereocenters. The van der Waals surface area contributed by atoms with E-state index in [0.717, 1.165) is 18.4 Å². The predicted molar refractivity (Wildman–Crippen MR) is 76.4 cm³/mol. The molecule has 1 saturated heterocycles. The van der Waals surface area contributed by atoms with Crippen LogP contribution in [-0.4, -0.2) is 29.0 Å². The first-order chi connectivity index (χ1) is 10.1. The fourth-order valence-electron chi connectivity index (χ4n) is 2.61. The van der Waals surface area contributed by atoms with Crippen LogP contribution in [0.1, 0.15) is 30.2 Å². The Morgan fingerprint density at radius 1 is 1.52 bits per heavy atom. The molecule has 8 heteroatoms. The topological polar surface area (TPSA) is 80.4 Å². The van der Waals surface area contributed by atoms with E-state index in [0.29, 0.717) is 12.3 Å². The Morgan fingerprint density at radius 2 is 2.38 bits per heavy atom. The molecule has 21 heavy (non-hydrogen) atoms. The monoisotopic (exact) mass is 310 g/mol. The lowest BCUT2D eigenvalue weighted by Gasteiger charge is -2.22. The van der Waals surface area contributed by atoms with Crippen LogP contribution < -0.4 is 4.72 Å². The largest absolute Gasteiger partial charge is 0.468 e. The summed E-state index contributed by atoms with van der Waals surface area (Å²) in [5, 5.41) is 4.02. The highest BCUT2D eigenvalue weighted by Crippen LogP contribution is 2.33. The van der Waals surface area contributed by atoms with Crippen LogP contribution in [0.3, 0.4) is 0 Å². The molecule has 2 aromatic rings. The molecule has 3 heterocycles. The summed E-state index contributed by atoms with van der Waals surface area (Å²) in [5.41, 5.74) is 0.829. The Morgan fingerprint density at radius 3 is 3.05 bits per heavy atom. The average Bonchev–Trinajstić information content (AvgIpc) is 3.17. The molecule has 0 bridgehead atoms. The maximum Gasteiger partial charge on any atom is 0.280 e. The number of aryl methyl sites for hydroxylation is 1. The molecular formula is C13H18N4O3S. The number of nitrogens with zero attached hydrogens (tertiary/aromatic N) is 3. The minimum Gasteiger partial charge on any atom is -0.468 e. The highest BCUT2D eigenvalue weighted by molar-refractivity contribution is 7.87. The second-order valence-corrected chi connectivity index (χ2v) is 6.84. The van der Waals surface area contributed by atoms with Crippen molar-refractivity contribution < 1.29 is 12.8 Å². The minimum absolute atomic E-state index is 0.216. The van der Waals surface area contributed by atoms with Crippen molar-refractivity contribution in [3.8, 4) is 0 Å². The van der Waals surface area contributed by atoms with Gasteiger partial charge in [-0.2, -0.15) is 22.5 Å². The van der Waals surface area contributed by atoms with Gasteiger partial charge < -0.3 is 4.42 Å². The third-order valence-corrected chi connectivity index (χ3v) is 5.16. The summed E-state index contributed by atoms with van der Waals surface area (Å²) < 4.78 is 36.0. The van der Waals surface area contributed by atoms with Crippen LogP contribution in [-0.2, 0) is 23.8 Å². The van der Waals surface area contributed by atoms with Crippen molar-refractivity contribution in [3.05, 3.63) is 42.1 Å². The molecule has 1 aliphatic heterocycles. The summed E-state index contributed by atoms with van der Waals surface area (Å²) in [5.74, 6) is 0.694. The van der Waals surface area contributed by atoms with Crippen molar-refractivity contribution in [2.45, 2.75) is 25.4 Å². The molecule has 0 radical (unpaired) electrons. The third kappa shape index (κ3) is 3.02. The van der Waals surface area contributed by atoms with Gasteiger partial charge in [0.2, 0.25) is 0 Å². The van der Waals surface area contributed by atoms with Crippen molar-refractivity contribution in [2.75, 3.05) is 6.54 Å². The van der Waals surface area contributed by atoms with Crippen LogP contribution in [0.4, 0.5) is 0 Å². The zero-order chi connectivity index (χ0) is 14.9. The van der Waals surface area contributed by atoms with E-state index in [4.69, 9.17) is 4.42 Å². The summed E-state index contributed by atoms with van der Waals surface area (Å²) in [4.78, 5) is 0. The number of rotatable bonds is 5.